The summed E-state index contributed by atoms with van der Waals surface area (Å²) in [5.74, 6) is 0.320. The molecule has 0 aliphatic heterocycles. The SMILES string of the molecule is C/C(O)=C(\I)C(C)N. The van der Waals surface area contributed by atoms with Crippen molar-refractivity contribution in [2.24, 2.45) is 5.73 Å². The summed E-state index contributed by atoms with van der Waals surface area (Å²) in [6, 6.07) is -0.0411. The molecule has 0 rings (SSSR count). The van der Waals surface area contributed by atoms with Crippen molar-refractivity contribution in [1.29, 1.82) is 0 Å². The molecule has 0 aromatic rings. The second-order valence-corrected chi connectivity index (χ2v) is 2.88. The summed E-state index contributed by atoms with van der Waals surface area (Å²) in [6.45, 7) is 3.46. The molecule has 0 aliphatic carbocycles. The summed E-state index contributed by atoms with van der Waals surface area (Å²) in [5, 5.41) is 8.78. The average Bonchev–Trinajstić information content (AvgIpc) is 1.64. The van der Waals surface area contributed by atoms with Crippen LogP contribution in [0.1, 0.15) is 13.8 Å². The predicted molar refractivity (Wildman–Crippen MR) is 43.0 cm³/mol. The zero-order valence-corrected chi connectivity index (χ0v) is 7.14. The monoisotopic (exact) mass is 227 g/mol. The van der Waals surface area contributed by atoms with Gasteiger partial charge in [-0.05, 0) is 36.4 Å². The highest BCUT2D eigenvalue weighted by molar-refractivity contribution is 14.1. The second-order valence-electron chi connectivity index (χ2n) is 1.72. The maximum Gasteiger partial charge on any atom is 0.0999 e. The van der Waals surface area contributed by atoms with Gasteiger partial charge in [-0.1, -0.05) is 0 Å². The fourth-order valence-corrected chi connectivity index (χ4v) is 0.329. The number of aliphatic hydroxyl groups excluding tert-OH is 1. The first-order chi connectivity index (χ1) is 3.55. The Bertz CT molecular complexity index is 105. The van der Waals surface area contributed by atoms with E-state index in [1.165, 1.54) is 0 Å². The highest BCUT2D eigenvalue weighted by atomic mass is 127. The third kappa shape index (κ3) is 2.52. The number of allylic oxidation sites excluding steroid dienone is 1. The van der Waals surface area contributed by atoms with Crippen molar-refractivity contribution in [2.45, 2.75) is 19.9 Å². The Balaban J connectivity index is 4.00. The van der Waals surface area contributed by atoms with Crippen LogP contribution in [0.25, 0.3) is 0 Å². The summed E-state index contributed by atoms with van der Waals surface area (Å²) in [6.07, 6.45) is 0. The molecular weight excluding hydrogens is 217 g/mol. The van der Waals surface area contributed by atoms with Crippen molar-refractivity contribution in [1.82, 2.24) is 0 Å². The summed E-state index contributed by atoms with van der Waals surface area (Å²) < 4.78 is 0.822. The van der Waals surface area contributed by atoms with E-state index in [0.717, 1.165) is 3.58 Å². The van der Waals surface area contributed by atoms with Crippen molar-refractivity contribution in [2.75, 3.05) is 0 Å². The van der Waals surface area contributed by atoms with Gasteiger partial charge in [-0.15, -0.1) is 0 Å². The molecule has 0 aliphatic rings. The first kappa shape index (κ1) is 8.23. The van der Waals surface area contributed by atoms with E-state index in [2.05, 4.69) is 0 Å². The number of hydrogen-bond acceptors (Lipinski definition) is 2. The van der Waals surface area contributed by atoms with Gasteiger partial charge in [0.2, 0.25) is 0 Å². The van der Waals surface area contributed by atoms with Gasteiger partial charge in [-0.3, -0.25) is 0 Å². The first-order valence-corrected chi connectivity index (χ1v) is 3.44. The lowest BCUT2D eigenvalue weighted by Crippen LogP contribution is -2.15. The van der Waals surface area contributed by atoms with E-state index in [1.807, 2.05) is 29.5 Å². The third-order valence-corrected chi connectivity index (χ3v) is 2.51. The Hall–Kier alpha value is 0.230. The third-order valence-electron chi connectivity index (χ3n) is 0.745. The molecule has 3 heteroatoms. The van der Waals surface area contributed by atoms with E-state index in [9.17, 15) is 0 Å². The van der Waals surface area contributed by atoms with E-state index in [4.69, 9.17) is 10.8 Å². The highest BCUT2D eigenvalue weighted by Gasteiger charge is 2.00. The molecule has 0 saturated carbocycles. The van der Waals surface area contributed by atoms with Gasteiger partial charge in [-0.2, -0.15) is 0 Å². The van der Waals surface area contributed by atoms with Crippen LogP contribution in [0.2, 0.25) is 0 Å². The Morgan fingerprint density at radius 3 is 2.12 bits per heavy atom. The molecule has 0 aromatic carbocycles. The molecule has 0 radical (unpaired) electrons. The molecule has 0 heterocycles. The van der Waals surface area contributed by atoms with Crippen LogP contribution in [0.4, 0.5) is 0 Å². The zero-order chi connectivity index (χ0) is 6.73. The normalized spacial score (nSPS) is 17.5. The number of halogens is 1. The van der Waals surface area contributed by atoms with Gasteiger partial charge < -0.3 is 10.8 Å². The van der Waals surface area contributed by atoms with Crippen molar-refractivity contribution in [3.8, 4) is 0 Å². The van der Waals surface area contributed by atoms with Crippen LogP contribution < -0.4 is 5.73 Å². The lowest BCUT2D eigenvalue weighted by atomic mass is 10.3. The van der Waals surface area contributed by atoms with Gasteiger partial charge in [0.05, 0.1) is 5.76 Å². The molecule has 2 nitrogen and oxygen atoms in total. The number of nitrogens with two attached hydrogens (primary N) is 1. The van der Waals surface area contributed by atoms with Crippen molar-refractivity contribution in [3.63, 3.8) is 0 Å². The van der Waals surface area contributed by atoms with Gasteiger partial charge in [0.15, 0.2) is 0 Å². The first-order valence-electron chi connectivity index (χ1n) is 2.36. The molecule has 0 bridgehead atoms. The molecule has 3 N–H and O–H groups in total. The zero-order valence-electron chi connectivity index (χ0n) is 4.98. The predicted octanol–water partition coefficient (Wildman–Crippen LogP) is 1.56. The Kier molecular flexibility index (Phi) is 3.39. The van der Waals surface area contributed by atoms with Gasteiger partial charge in [0.1, 0.15) is 0 Å². The summed E-state index contributed by atoms with van der Waals surface area (Å²) in [4.78, 5) is 0. The van der Waals surface area contributed by atoms with Crippen LogP contribution in [0.3, 0.4) is 0 Å². The minimum atomic E-state index is -0.0411. The number of hydrogen-bond donors (Lipinski definition) is 2. The summed E-state index contributed by atoms with van der Waals surface area (Å²) >= 11 is 2.03. The molecular formula is C5H10INO. The fraction of sp³-hybridized carbons (Fsp3) is 0.600. The van der Waals surface area contributed by atoms with E-state index in [1.54, 1.807) is 6.92 Å². The van der Waals surface area contributed by atoms with E-state index < -0.39 is 0 Å². The minimum absolute atomic E-state index is 0.0411. The molecule has 0 fully saturated rings. The largest absolute Gasteiger partial charge is 0.512 e. The Morgan fingerprint density at radius 2 is 2.12 bits per heavy atom. The van der Waals surface area contributed by atoms with Crippen LogP contribution in [0, 0.1) is 0 Å². The van der Waals surface area contributed by atoms with E-state index in [0.29, 0.717) is 5.76 Å². The lowest BCUT2D eigenvalue weighted by Gasteiger charge is -2.02. The maximum absolute atomic E-state index is 8.78. The Labute approximate surface area is 62.9 Å². The molecule has 8 heavy (non-hydrogen) atoms. The average molecular weight is 227 g/mol. The van der Waals surface area contributed by atoms with Crippen LogP contribution in [-0.4, -0.2) is 11.1 Å². The molecule has 1 unspecified atom stereocenters. The second kappa shape index (κ2) is 3.29. The molecule has 0 saturated heterocycles. The molecule has 0 amide bonds. The molecule has 48 valence electrons. The van der Waals surface area contributed by atoms with Gasteiger partial charge in [0.25, 0.3) is 0 Å². The van der Waals surface area contributed by atoms with Crippen molar-refractivity contribution >= 4 is 22.6 Å². The molecule has 0 aromatic heterocycles. The fourth-order valence-electron chi connectivity index (χ4n) is 0.329. The van der Waals surface area contributed by atoms with Gasteiger partial charge >= 0.3 is 0 Å². The minimum Gasteiger partial charge on any atom is -0.512 e. The standard InChI is InChI=1S/C5H10INO/c1-3(7)5(6)4(2)8/h3,8H,7H2,1-2H3/b5-4+. The van der Waals surface area contributed by atoms with Crippen molar-refractivity contribution < 1.29 is 5.11 Å². The quantitative estimate of drug-likeness (QED) is 0.527. The van der Waals surface area contributed by atoms with E-state index in [-0.39, 0.29) is 6.04 Å². The van der Waals surface area contributed by atoms with Crippen molar-refractivity contribution in [3.05, 3.63) is 9.34 Å². The molecule has 0 spiro atoms. The van der Waals surface area contributed by atoms with Crippen LogP contribution in [0.5, 0.6) is 0 Å². The maximum atomic E-state index is 8.78. The van der Waals surface area contributed by atoms with E-state index >= 15 is 0 Å². The summed E-state index contributed by atoms with van der Waals surface area (Å²) in [7, 11) is 0. The van der Waals surface area contributed by atoms with Gasteiger partial charge in [0, 0.05) is 9.62 Å². The van der Waals surface area contributed by atoms with Crippen LogP contribution in [-0.2, 0) is 0 Å². The topological polar surface area (TPSA) is 46.2 Å². The van der Waals surface area contributed by atoms with Crippen LogP contribution in [0.15, 0.2) is 9.34 Å². The number of rotatable bonds is 1. The van der Waals surface area contributed by atoms with Crippen LogP contribution >= 0.6 is 22.6 Å². The highest BCUT2D eigenvalue weighted by Crippen LogP contribution is 2.12. The van der Waals surface area contributed by atoms with Gasteiger partial charge in [-0.25, -0.2) is 0 Å². The smallest absolute Gasteiger partial charge is 0.0999 e. The number of aliphatic hydroxyl groups is 1. The Morgan fingerprint density at radius 1 is 1.75 bits per heavy atom. The summed E-state index contributed by atoms with van der Waals surface area (Å²) in [5.41, 5.74) is 5.41. The molecule has 1 atom stereocenters. The lowest BCUT2D eigenvalue weighted by molar-refractivity contribution is 0.409.